The van der Waals surface area contributed by atoms with Gasteiger partial charge in [-0.2, -0.15) is 0 Å². The number of benzene rings is 2. The molecule has 0 aromatic heterocycles. The zero-order valence-electron chi connectivity index (χ0n) is 11.2. The van der Waals surface area contributed by atoms with E-state index in [4.69, 9.17) is 11.1 Å². The number of hydrogen-bond acceptors (Lipinski definition) is 2. The third-order valence-electron chi connectivity index (χ3n) is 3.02. The molecule has 0 aliphatic rings. The summed E-state index contributed by atoms with van der Waals surface area (Å²) in [6, 6.07) is 14.3. The molecule has 2 aromatic rings. The lowest BCUT2D eigenvalue weighted by atomic mass is 10.1. The summed E-state index contributed by atoms with van der Waals surface area (Å²) in [7, 11) is 0. The molecule has 0 aliphatic carbocycles. The first-order valence-corrected chi connectivity index (χ1v) is 7.19. The summed E-state index contributed by atoms with van der Waals surface area (Å²) in [6.45, 7) is 4.23. The van der Waals surface area contributed by atoms with Gasteiger partial charge in [-0.3, -0.25) is 5.41 Å². The van der Waals surface area contributed by atoms with E-state index in [1.807, 2.05) is 24.3 Å². The molecule has 0 saturated heterocycles. The Bertz CT molecular complexity index is 605. The molecular formula is C16H18N2S. The molecule has 2 aromatic carbocycles. The van der Waals surface area contributed by atoms with Crippen LogP contribution in [0.3, 0.4) is 0 Å². The van der Waals surface area contributed by atoms with Crippen molar-refractivity contribution < 1.29 is 0 Å². The predicted molar refractivity (Wildman–Crippen MR) is 82.9 cm³/mol. The first-order valence-electron chi connectivity index (χ1n) is 6.20. The van der Waals surface area contributed by atoms with Gasteiger partial charge in [0.1, 0.15) is 5.84 Å². The topological polar surface area (TPSA) is 49.9 Å². The second-order valence-corrected chi connectivity index (χ2v) is 5.65. The van der Waals surface area contributed by atoms with Crippen LogP contribution in [0.15, 0.2) is 47.4 Å². The number of thioether (sulfide) groups is 1. The molecule has 0 amide bonds. The van der Waals surface area contributed by atoms with E-state index in [1.54, 1.807) is 11.8 Å². The molecule has 0 unspecified atom stereocenters. The van der Waals surface area contributed by atoms with E-state index in [9.17, 15) is 0 Å². The highest BCUT2D eigenvalue weighted by atomic mass is 32.2. The van der Waals surface area contributed by atoms with Crippen molar-refractivity contribution in [3.8, 4) is 0 Å². The highest BCUT2D eigenvalue weighted by molar-refractivity contribution is 7.98. The van der Waals surface area contributed by atoms with Crippen LogP contribution in [0, 0.1) is 19.3 Å². The molecule has 0 saturated carbocycles. The van der Waals surface area contributed by atoms with E-state index in [-0.39, 0.29) is 5.84 Å². The normalized spacial score (nSPS) is 10.4. The van der Waals surface area contributed by atoms with E-state index in [1.165, 1.54) is 16.0 Å². The van der Waals surface area contributed by atoms with Gasteiger partial charge in [-0.15, -0.1) is 11.8 Å². The van der Waals surface area contributed by atoms with Gasteiger partial charge in [0, 0.05) is 16.2 Å². The molecule has 98 valence electrons. The second-order valence-electron chi connectivity index (χ2n) is 4.63. The Morgan fingerprint density at radius 2 is 1.89 bits per heavy atom. The van der Waals surface area contributed by atoms with Crippen molar-refractivity contribution in [1.29, 1.82) is 5.41 Å². The standard InChI is InChI=1S/C16H18N2S/c1-11-7-8-15(12(2)9-11)19-10-13-5-3-4-6-14(13)16(17)18/h3-9H,10H2,1-2H3,(H3,17,18). The fraction of sp³-hybridized carbons (Fsp3) is 0.188. The third kappa shape index (κ3) is 3.38. The van der Waals surface area contributed by atoms with Crippen molar-refractivity contribution in [1.82, 2.24) is 0 Å². The Morgan fingerprint density at radius 3 is 2.58 bits per heavy atom. The number of rotatable bonds is 4. The van der Waals surface area contributed by atoms with E-state index >= 15 is 0 Å². The van der Waals surface area contributed by atoms with Crippen molar-refractivity contribution in [2.24, 2.45) is 5.73 Å². The summed E-state index contributed by atoms with van der Waals surface area (Å²) in [6.07, 6.45) is 0. The molecule has 0 radical (unpaired) electrons. The number of hydrogen-bond donors (Lipinski definition) is 2. The maximum absolute atomic E-state index is 7.60. The molecule has 0 heterocycles. The minimum absolute atomic E-state index is 0.136. The Balaban J connectivity index is 2.17. The zero-order valence-corrected chi connectivity index (χ0v) is 12.1. The molecule has 3 heteroatoms. The lowest BCUT2D eigenvalue weighted by Gasteiger charge is -2.09. The number of aryl methyl sites for hydroxylation is 2. The van der Waals surface area contributed by atoms with Crippen molar-refractivity contribution >= 4 is 17.6 Å². The largest absolute Gasteiger partial charge is 0.384 e. The molecule has 0 bridgehead atoms. The van der Waals surface area contributed by atoms with Crippen LogP contribution in [0.25, 0.3) is 0 Å². The molecular weight excluding hydrogens is 252 g/mol. The lowest BCUT2D eigenvalue weighted by molar-refractivity contribution is 1.25. The van der Waals surface area contributed by atoms with Crippen molar-refractivity contribution in [2.75, 3.05) is 0 Å². The molecule has 3 N–H and O–H groups in total. The van der Waals surface area contributed by atoms with Crippen molar-refractivity contribution in [2.45, 2.75) is 24.5 Å². The number of amidine groups is 1. The Hall–Kier alpha value is -1.74. The molecule has 0 aliphatic heterocycles. The third-order valence-corrected chi connectivity index (χ3v) is 4.25. The quantitative estimate of drug-likeness (QED) is 0.503. The molecule has 0 atom stereocenters. The van der Waals surface area contributed by atoms with E-state index in [0.717, 1.165) is 16.9 Å². The Morgan fingerprint density at radius 1 is 1.16 bits per heavy atom. The average Bonchev–Trinajstić information content (AvgIpc) is 2.38. The minimum Gasteiger partial charge on any atom is -0.384 e. The van der Waals surface area contributed by atoms with Gasteiger partial charge in [0.25, 0.3) is 0 Å². The highest BCUT2D eigenvalue weighted by Gasteiger charge is 2.06. The summed E-state index contributed by atoms with van der Waals surface area (Å²) in [5.41, 5.74) is 10.1. The van der Waals surface area contributed by atoms with Gasteiger partial charge >= 0.3 is 0 Å². The van der Waals surface area contributed by atoms with Gasteiger partial charge in [-0.25, -0.2) is 0 Å². The van der Waals surface area contributed by atoms with Crippen LogP contribution >= 0.6 is 11.8 Å². The van der Waals surface area contributed by atoms with Gasteiger partial charge in [0.05, 0.1) is 0 Å². The van der Waals surface area contributed by atoms with Crippen LogP contribution in [-0.2, 0) is 5.75 Å². The smallest absolute Gasteiger partial charge is 0.123 e. The maximum atomic E-state index is 7.60. The monoisotopic (exact) mass is 270 g/mol. The van der Waals surface area contributed by atoms with Crippen molar-refractivity contribution in [3.05, 3.63) is 64.7 Å². The summed E-state index contributed by atoms with van der Waals surface area (Å²) < 4.78 is 0. The van der Waals surface area contributed by atoms with Crippen LogP contribution < -0.4 is 5.73 Å². The van der Waals surface area contributed by atoms with Crippen LogP contribution in [0.4, 0.5) is 0 Å². The fourth-order valence-electron chi connectivity index (χ4n) is 2.03. The Labute approximate surface area is 118 Å². The van der Waals surface area contributed by atoms with Crippen molar-refractivity contribution in [3.63, 3.8) is 0 Å². The number of nitrogens with one attached hydrogen (secondary N) is 1. The summed E-state index contributed by atoms with van der Waals surface area (Å²) in [5.74, 6) is 0.969. The van der Waals surface area contributed by atoms with E-state index in [0.29, 0.717) is 0 Å². The first-order chi connectivity index (χ1) is 9.08. The molecule has 19 heavy (non-hydrogen) atoms. The highest BCUT2D eigenvalue weighted by Crippen LogP contribution is 2.27. The summed E-state index contributed by atoms with van der Waals surface area (Å²) >= 11 is 1.79. The maximum Gasteiger partial charge on any atom is 0.123 e. The SMILES string of the molecule is Cc1ccc(SCc2ccccc2C(=N)N)c(C)c1. The molecule has 2 nitrogen and oxygen atoms in total. The zero-order chi connectivity index (χ0) is 13.8. The fourth-order valence-corrected chi connectivity index (χ4v) is 3.04. The van der Waals surface area contributed by atoms with E-state index < -0.39 is 0 Å². The minimum atomic E-state index is 0.136. The second kappa shape index (κ2) is 5.93. The lowest BCUT2D eigenvalue weighted by Crippen LogP contribution is -2.13. The number of nitrogens with two attached hydrogens (primary N) is 1. The molecule has 0 fully saturated rings. The van der Waals surface area contributed by atoms with Crippen LogP contribution in [0.1, 0.15) is 22.3 Å². The Kier molecular flexibility index (Phi) is 4.27. The van der Waals surface area contributed by atoms with Crippen LogP contribution in [-0.4, -0.2) is 5.84 Å². The molecule has 2 rings (SSSR count). The van der Waals surface area contributed by atoms with Crippen LogP contribution in [0.2, 0.25) is 0 Å². The van der Waals surface area contributed by atoms with E-state index in [2.05, 4.69) is 32.0 Å². The van der Waals surface area contributed by atoms with Gasteiger partial charge in [-0.1, -0.05) is 42.0 Å². The number of nitrogen functional groups attached to an aromatic ring is 1. The van der Waals surface area contributed by atoms with Gasteiger partial charge in [0.15, 0.2) is 0 Å². The first kappa shape index (κ1) is 13.7. The van der Waals surface area contributed by atoms with Gasteiger partial charge < -0.3 is 5.73 Å². The summed E-state index contributed by atoms with van der Waals surface area (Å²) in [4.78, 5) is 1.28. The predicted octanol–water partition coefficient (Wildman–Crippen LogP) is 3.88. The van der Waals surface area contributed by atoms with Crippen LogP contribution in [0.5, 0.6) is 0 Å². The average molecular weight is 270 g/mol. The molecule has 0 spiro atoms. The van der Waals surface area contributed by atoms with Gasteiger partial charge in [-0.05, 0) is 31.0 Å². The van der Waals surface area contributed by atoms with Gasteiger partial charge in [0.2, 0.25) is 0 Å². The summed E-state index contributed by atoms with van der Waals surface area (Å²) in [5, 5.41) is 7.60.